The Morgan fingerprint density at radius 2 is 2.00 bits per heavy atom. The lowest BCUT2D eigenvalue weighted by molar-refractivity contribution is 0.135. The molecule has 0 heterocycles. The van der Waals surface area contributed by atoms with E-state index in [2.05, 4.69) is 5.43 Å². The molecule has 0 aliphatic heterocycles. The number of hydrogen-bond donors (Lipinski definition) is 2. The summed E-state index contributed by atoms with van der Waals surface area (Å²) in [5.74, 6) is 4.09. The van der Waals surface area contributed by atoms with Gasteiger partial charge >= 0.3 is 0 Å². The highest BCUT2D eigenvalue weighted by molar-refractivity contribution is 5.23. The Balaban J connectivity index is 2.78. The molecule has 3 N–H and O–H groups in total. The highest BCUT2D eigenvalue weighted by Gasteiger charge is 2.18. The number of ether oxygens (including phenoxy) is 1. The molecule has 0 saturated heterocycles. The van der Waals surface area contributed by atoms with Crippen molar-refractivity contribution in [3.8, 4) is 0 Å². The van der Waals surface area contributed by atoms with E-state index in [9.17, 15) is 8.78 Å². The van der Waals surface area contributed by atoms with Gasteiger partial charge in [-0.3, -0.25) is 11.3 Å². The zero-order valence-electron chi connectivity index (χ0n) is 9.17. The van der Waals surface area contributed by atoms with E-state index < -0.39 is 17.7 Å². The summed E-state index contributed by atoms with van der Waals surface area (Å²) >= 11 is 0. The molecule has 0 aromatic heterocycles. The van der Waals surface area contributed by atoms with Gasteiger partial charge in [0.2, 0.25) is 0 Å². The van der Waals surface area contributed by atoms with Crippen LogP contribution in [0.15, 0.2) is 18.2 Å². The van der Waals surface area contributed by atoms with Gasteiger partial charge in [0, 0.05) is 18.8 Å². The van der Waals surface area contributed by atoms with Gasteiger partial charge in [-0.25, -0.2) is 8.78 Å². The predicted molar refractivity (Wildman–Crippen MR) is 57.5 cm³/mol. The molecule has 1 aromatic rings. The molecule has 5 heteroatoms. The van der Waals surface area contributed by atoms with Crippen LogP contribution in [0, 0.1) is 11.6 Å². The van der Waals surface area contributed by atoms with Crippen LogP contribution >= 0.6 is 0 Å². The number of halogens is 2. The van der Waals surface area contributed by atoms with Crippen molar-refractivity contribution in [3.05, 3.63) is 35.4 Å². The maximum absolute atomic E-state index is 13.4. The van der Waals surface area contributed by atoms with Crippen LogP contribution < -0.4 is 11.3 Å². The monoisotopic (exact) mass is 230 g/mol. The van der Waals surface area contributed by atoms with Gasteiger partial charge in [0.25, 0.3) is 0 Å². The minimum atomic E-state index is -0.598. The molecular weight excluding hydrogens is 214 g/mol. The molecule has 1 atom stereocenters. The molecule has 0 saturated carbocycles. The number of benzene rings is 1. The summed E-state index contributed by atoms with van der Waals surface area (Å²) in [6.07, 6.45) is 0.419. The maximum Gasteiger partial charge on any atom is 0.130 e. The van der Waals surface area contributed by atoms with Crippen molar-refractivity contribution in [3.63, 3.8) is 0 Å². The van der Waals surface area contributed by atoms with Gasteiger partial charge in [-0.15, -0.1) is 0 Å². The lowest BCUT2D eigenvalue weighted by Gasteiger charge is -2.17. The standard InChI is InChI=1S/C11H16F2N2O/c1-2-16-7-6-10(15-14)11-8(12)4-3-5-9(11)13/h3-5,10,15H,2,6-7,14H2,1H3. The molecule has 1 unspecified atom stereocenters. The molecule has 0 amide bonds. The SMILES string of the molecule is CCOCCC(NN)c1c(F)cccc1F. The smallest absolute Gasteiger partial charge is 0.130 e. The van der Waals surface area contributed by atoms with E-state index in [-0.39, 0.29) is 5.56 Å². The maximum atomic E-state index is 13.4. The van der Waals surface area contributed by atoms with E-state index in [0.717, 1.165) is 0 Å². The van der Waals surface area contributed by atoms with Crippen molar-refractivity contribution in [1.82, 2.24) is 5.43 Å². The average molecular weight is 230 g/mol. The first kappa shape index (κ1) is 13.0. The van der Waals surface area contributed by atoms with Gasteiger partial charge < -0.3 is 4.74 Å². The Morgan fingerprint density at radius 3 is 2.50 bits per heavy atom. The Hall–Kier alpha value is -1.04. The minimum absolute atomic E-state index is 0.0373. The molecule has 0 spiro atoms. The third-order valence-corrected chi connectivity index (χ3v) is 2.30. The third-order valence-electron chi connectivity index (χ3n) is 2.30. The molecule has 0 radical (unpaired) electrons. The van der Waals surface area contributed by atoms with E-state index in [4.69, 9.17) is 10.6 Å². The number of hydrazine groups is 1. The van der Waals surface area contributed by atoms with E-state index in [1.54, 1.807) is 0 Å². The van der Waals surface area contributed by atoms with Gasteiger partial charge in [0.15, 0.2) is 0 Å². The zero-order chi connectivity index (χ0) is 12.0. The molecule has 3 nitrogen and oxygen atoms in total. The first-order chi connectivity index (χ1) is 7.70. The molecule has 0 bridgehead atoms. The highest BCUT2D eigenvalue weighted by Crippen LogP contribution is 2.22. The summed E-state index contributed by atoms with van der Waals surface area (Å²) in [6.45, 7) is 2.82. The summed E-state index contributed by atoms with van der Waals surface area (Å²) in [5, 5.41) is 0. The fraction of sp³-hybridized carbons (Fsp3) is 0.455. The van der Waals surface area contributed by atoms with Crippen LogP contribution in [0.25, 0.3) is 0 Å². The van der Waals surface area contributed by atoms with Crippen molar-refractivity contribution in [2.45, 2.75) is 19.4 Å². The second kappa shape index (κ2) is 6.52. The number of rotatable bonds is 6. The average Bonchev–Trinajstić information content (AvgIpc) is 2.26. The topological polar surface area (TPSA) is 47.3 Å². The first-order valence-electron chi connectivity index (χ1n) is 5.18. The molecule has 0 aliphatic carbocycles. The van der Waals surface area contributed by atoms with Crippen molar-refractivity contribution < 1.29 is 13.5 Å². The van der Waals surface area contributed by atoms with Crippen LogP contribution in [0.3, 0.4) is 0 Å². The fourth-order valence-corrected chi connectivity index (χ4v) is 1.50. The van der Waals surface area contributed by atoms with Crippen LogP contribution in [0.5, 0.6) is 0 Å². The number of hydrogen-bond acceptors (Lipinski definition) is 3. The predicted octanol–water partition coefficient (Wildman–Crippen LogP) is 1.90. The summed E-state index contributed by atoms with van der Waals surface area (Å²) in [6, 6.07) is 3.17. The molecule has 16 heavy (non-hydrogen) atoms. The summed E-state index contributed by atoms with van der Waals surface area (Å²) < 4.78 is 32.0. The van der Waals surface area contributed by atoms with Crippen LogP contribution in [0.2, 0.25) is 0 Å². The summed E-state index contributed by atoms with van der Waals surface area (Å²) in [5.41, 5.74) is 2.36. The molecule has 90 valence electrons. The summed E-state index contributed by atoms with van der Waals surface area (Å²) in [4.78, 5) is 0. The van der Waals surface area contributed by atoms with Crippen molar-refractivity contribution in [2.75, 3.05) is 13.2 Å². The number of nitrogens with two attached hydrogens (primary N) is 1. The van der Waals surface area contributed by atoms with Crippen LogP contribution in [-0.2, 0) is 4.74 Å². The first-order valence-corrected chi connectivity index (χ1v) is 5.18. The van der Waals surface area contributed by atoms with Crippen molar-refractivity contribution >= 4 is 0 Å². The van der Waals surface area contributed by atoms with Crippen molar-refractivity contribution in [1.29, 1.82) is 0 Å². The van der Waals surface area contributed by atoms with Gasteiger partial charge in [0.05, 0.1) is 6.04 Å². The summed E-state index contributed by atoms with van der Waals surface area (Å²) in [7, 11) is 0. The van der Waals surface area contributed by atoms with Gasteiger partial charge in [-0.05, 0) is 25.5 Å². The fourth-order valence-electron chi connectivity index (χ4n) is 1.50. The van der Waals surface area contributed by atoms with Crippen LogP contribution in [0.1, 0.15) is 24.9 Å². The second-order valence-corrected chi connectivity index (χ2v) is 3.34. The Labute approximate surface area is 93.6 Å². The highest BCUT2D eigenvalue weighted by atomic mass is 19.1. The Kier molecular flexibility index (Phi) is 5.31. The van der Waals surface area contributed by atoms with Crippen molar-refractivity contribution in [2.24, 2.45) is 5.84 Å². The molecular formula is C11H16F2N2O. The number of nitrogens with one attached hydrogen (secondary N) is 1. The van der Waals surface area contributed by atoms with E-state index in [1.807, 2.05) is 6.92 Å². The normalized spacial score (nSPS) is 12.8. The minimum Gasteiger partial charge on any atom is -0.382 e. The van der Waals surface area contributed by atoms with E-state index in [1.165, 1.54) is 18.2 Å². The third kappa shape index (κ3) is 3.23. The molecule has 1 aromatic carbocycles. The van der Waals surface area contributed by atoms with Gasteiger partial charge in [-0.1, -0.05) is 6.07 Å². The lowest BCUT2D eigenvalue weighted by atomic mass is 10.0. The zero-order valence-corrected chi connectivity index (χ0v) is 9.17. The Bertz CT molecular complexity index is 314. The Morgan fingerprint density at radius 1 is 1.38 bits per heavy atom. The van der Waals surface area contributed by atoms with E-state index >= 15 is 0 Å². The van der Waals surface area contributed by atoms with Gasteiger partial charge in [-0.2, -0.15) is 0 Å². The quantitative estimate of drug-likeness (QED) is 0.446. The molecule has 0 aliphatic rings. The second-order valence-electron chi connectivity index (χ2n) is 3.34. The van der Waals surface area contributed by atoms with Crippen LogP contribution in [-0.4, -0.2) is 13.2 Å². The lowest BCUT2D eigenvalue weighted by Crippen LogP contribution is -2.30. The van der Waals surface area contributed by atoms with Crippen LogP contribution in [0.4, 0.5) is 8.78 Å². The molecule has 1 rings (SSSR count). The largest absolute Gasteiger partial charge is 0.382 e. The molecule has 0 fully saturated rings. The van der Waals surface area contributed by atoms with Gasteiger partial charge in [0.1, 0.15) is 11.6 Å². The van der Waals surface area contributed by atoms with E-state index in [0.29, 0.717) is 19.6 Å².